The minimum absolute atomic E-state index is 0.0559. The molecule has 2 aromatic carbocycles. The second kappa shape index (κ2) is 8.39. The molecular weight excluding hydrogens is 351 g/mol. The Morgan fingerprint density at radius 2 is 1.74 bits per heavy atom. The fourth-order valence-corrected chi connectivity index (χ4v) is 2.91. The van der Waals surface area contributed by atoms with Gasteiger partial charge < -0.3 is 15.4 Å². The van der Waals surface area contributed by atoms with Crippen LogP contribution in [0.15, 0.2) is 42.5 Å². The van der Waals surface area contributed by atoms with Gasteiger partial charge in [0, 0.05) is 15.7 Å². The van der Waals surface area contributed by atoms with Gasteiger partial charge in [-0.25, -0.2) is 0 Å². The van der Waals surface area contributed by atoms with Crippen molar-refractivity contribution in [3.05, 3.63) is 58.1 Å². The largest absolute Gasteiger partial charge is 0.494 e. The molecule has 0 spiro atoms. The van der Waals surface area contributed by atoms with Crippen LogP contribution < -0.4 is 15.4 Å². The van der Waals surface area contributed by atoms with Gasteiger partial charge in [0.15, 0.2) is 5.11 Å². The van der Waals surface area contributed by atoms with Gasteiger partial charge in [-0.15, -0.1) is 0 Å². The molecule has 0 radical (unpaired) electrons. The van der Waals surface area contributed by atoms with E-state index in [2.05, 4.69) is 10.6 Å². The third-order valence-electron chi connectivity index (χ3n) is 3.16. The van der Waals surface area contributed by atoms with Crippen molar-refractivity contribution in [3.63, 3.8) is 0 Å². The number of thiocarbonyl (C=S) groups is 1. The molecule has 0 aromatic heterocycles. The lowest BCUT2D eigenvalue weighted by atomic mass is 10.1. The quantitative estimate of drug-likeness (QED) is 0.688. The molecule has 0 fully saturated rings. The number of hydrogen-bond donors (Lipinski definition) is 2. The minimum Gasteiger partial charge on any atom is -0.494 e. The van der Waals surface area contributed by atoms with Gasteiger partial charge in [0.2, 0.25) is 0 Å². The van der Waals surface area contributed by atoms with E-state index in [-0.39, 0.29) is 6.04 Å². The van der Waals surface area contributed by atoms with Crippen LogP contribution in [0.5, 0.6) is 5.75 Å². The van der Waals surface area contributed by atoms with E-state index in [1.54, 1.807) is 18.2 Å². The zero-order valence-electron chi connectivity index (χ0n) is 12.9. The van der Waals surface area contributed by atoms with Crippen LogP contribution in [0.1, 0.15) is 25.5 Å². The van der Waals surface area contributed by atoms with Gasteiger partial charge in [-0.05, 0) is 62.0 Å². The summed E-state index contributed by atoms with van der Waals surface area (Å²) in [6.07, 6.45) is 0. The van der Waals surface area contributed by atoms with Crippen LogP contribution in [0.2, 0.25) is 10.0 Å². The second-order valence-corrected chi connectivity index (χ2v) is 6.26. The lowest BCUT2D eigenvalue weighted by Gasteiger charge is -2.18. The summed E-state index contributed by atoms with van der Waals surface area (Å²) >= 11 is 17.3. The lowest BCUT2D eigenvalue weighted by Crippen LogP contribution is -2.30. The Balaban J connectivity index is 1.96. The number of hydrogen-bond acceptors (Lipinski definition) is 2. The van der Waals surface area contributed by atoms with Crippen molar-refractivity contribution in [2.75, 3.05) is 11.9 Å². The van der Waals surface area contributed by atoms with Gasteiger partial charge in [-0.3, -0.25) is 0 Å². The van der Waals surface area contributed by atoms with Crippen LogP contribution in [0.25, 0.3) is 0 Å². The predicted octanol–water partition coefficient (Wildman–Crippen LogP) is 5.44. The van der Waals surface area contributed by atoms with Crippen LogP contribution in [0, 0.1) is 0 Å². The molecule has 2 aromatic rings. The standard InChI is InChI=1S/C17H18Cl2N2OS/c1-3-22-16-6-4-12(5-7-16)11(2)20-17(23)21-15-9-13(18)8-14(19)10-15/h4-11H,3H2,1-2H3,(H2,20,21,23). The summed E-state index contributed by atoms with van der Waals surface area (Å²) in [6.45, 7) is 4.66. The monoisotopic (exact) mass is 368 g/mol. The maximum absolute atomic E-state index is 5.98. The van der Waals surface area contributed by atoms with Crippen molar-refractivity contribution in [2.24, 2.45) is 0 Å². The number of halogens is 2. The molecule has 3 nitrogen and oxygen atoms in total. The van der Waals surface area contributed by atoms with E-state index in [4.69, 9.17) is 40.2 Å². The molecule has 122 valence electrons. The molecule has 0 aliphatic carbocycles. The summed E-state index contributed by atoms with van der Waals surface area (Å²) in [7, 11) is 0. The molecule has 1 unspecified atom stereocenters. The van der Waals surface area contributed by atoms with Crippen LogP contribution in [0.3, 0.4) is 0 Å². The molecule has 0 aliphatic rings. The Morgan fingerprint density at radius 1 is 1.13 bits per heavy atom. The molecule has 0 heterocycles. The summed E-state index contributed by atoms with van der Waals surface area (Å²) in [5, 5.41) is 7.93. The first-order chi connectivity index (χ1) is 11.0. The van der Waals surface area contributed by atoms with Crippen LogP contribution in [0.4, 0.5) is 5.69 Å². The third-order valence-corrected chi connectivity index (χ3v) is 3.82. The number of rotatable bonds is 5. The summed E-state index contributed by atoms with van der Waals surface area (Å²) in [5.74, 6) is 0.859. The zero-order chi connectivity index (χ0) is 16.8. The van der Waals surface area contributed by atoms with Gasteiger partial charge in [0.25, 0.3) is 0 Å². The predicted molar refractivity (Wildman–Crippen MR) is 102 cm³/mol. The maximum atomic E-state index is 5.98. The minimum atomic E-state index is 0.0559. The number of nitrogens with one attached hydrogen (secondary N) is 2. The van der Waals surface area contributed by atoms with Gasteiger partial charge in [-0.1, -0.05) is 35.3 Å². The van der Waals surface area contributed by atoms with Gasteiger partial charge >= 0.3 is 0 Å². The first-order valence-electron chi connectivity index (χ1n) is 7.24. The molecule has 2 N–H and O–H groups in total. The first-order valence-corrected chi connectivity index (χ1v) is 8.40. The van der Waals surface area contributed by atoms with Crippen LogP contribution >= 0.6 is 35.4 Å². The van der Waals surface area contributed by atoms with E-state index < -0.39 is 0 Å². The second-order valence-electron chi connectivity index (χ2n) is 4.98. The molecule has 0 bridgehead atoms. The van der Waals surface area contributed by atoms with Gasteiger partial charge in [0.05, 0.1) is 12.6 Å². The van der Waals surface area contributed by atoms with Crippen molar-refractivity contribution in [1.29, 1.82) is 0 Å². The van der Waals surface area contributed by atoms with Gasteiger partial charge in [-0.2, -0.15) is 0 Å². The van der Waals surface area contributed by atoms with E-state index in [0.29, 0.717) is 21.8 Å². The summed E-state index contributed by atoms with van der Waals surface area (Å²) in [4.78, 5) is 0. The van der Waals surface area contributed by atoms with E-state index >= 15 is 0 Å². The topological polar surface area (TPSA) is 33.3 Å². The summed E-state index contributed by atoms with van der Waals surface area (Å²) in [6, 6.07) is 13.2. The van der Waals surface area contributed by atoms with Crippen LogP contribution in [-0.2, 0) is 0 Å². The highest BCUT2D eigenvalue weighted by Crippen LogP contribution is 2.23. The number of benzene rings is 2. The highest BCUT2D eigenvalue weighted by Gasteiger charge is 2.08. The summed E-state index contributed by atoms with van der Waals surface area (Å²) < 4.78 is 5.44. The Labute approximate surface area is 151 Å². The normalized spacial score (nSPS) is 11.7. The first kappa shape index (κ1) is 17.9. The van der Waals surface area contributed by atoms with Crippen molar-refractivity contribution in [2.45, 2.75) is 19.9 Å². The van der Waals surface area contributed by atoms with Crippen molar-refractivity contribution < 1.29 is 4.74 Å². The molecule has 23 heavy (non-hydrogen) atoms. The molecule has 0 aliphatic heterocycles. The smallest absolute Gasteiger partial charge is 0.171 e. The van der Waals surface area contributed by atoms with E-state index in [0.717, 1.165) is 17.0 Å². The average molecular weight is 369 g/mol. The maximum Gasteiger partial charge on any atom is 0.171 e. The molecule has 2 rings (SSSR count). The van der Waals surface area contributed by atoms with Crippen molar-refractivity contribution >= 4 is 46.2 Å². The molecular formula is C17H18Cl2N2OS. The summed E-state index contributed by atoms with van der Waals surface area (Å²) in [5.41, 5.74) is 1.86. The van der Waals surface area contributed by atoms with Crippen molar-refractivity contribution in [1.82, 2.24) is 5.32 Å². The Morgan fingerprint density at radius 3 is 2.30 bits per heavy atom. The Hall–Kier alpha value is -1.49. The third kappa shape index (κ3) is 5.57. The van der Waals surface area contributed by atoms with Gasteiger partial charge in [0.1, 0.15) is 5.75 Å². The number of anilines is 1. The zero-order valence-corrected chi connectivity index (χ0v) is 15.2. The molecule has 0 saturated heterocycles. The molecule has 6 heteroatoms. The van der Waals surface area contributed by atoms with E-state index in [1.165, 1.54) is 0 Å². The number of ether oxygens (including phenoxy) is 1. The molecule has 1 atom stereocenters. The highest BCUT2D eigenvalue weighted by atomic mass is 35.5. The fourth-order valence-electron chi connectivity index (χ4n) is 2.09. The fraction of sp³-hybridized carbons (Fsp3) is 0.235. The van der Waals surface area contributed by atoms with E-state index in [1.807, 2.05) is 38.1 Å². The highest BCUT2D eigenvalue weighted by molar-refractivity contribution is 7.80. The lowest BCUT2D eigenvalue weighted by molar-refractivity contribution is 0.340. The van der Waals surface area contributed by atoms with Crippen molar-refractivity contribution in [3.8, 4) is 5.75 Å². The average Bonchev–Trinajstić information content (AvgIpc) is 2.47. The Kier molecular flexibility index (Phi) is 6.51. The van der Waals surface area contributed by atoms with E-state index in [9.17, 15) is 0 Å². The SMILES string of the molecule is CCOc1ccc(C(C)NC(=S)Nc2cc(Cl)cc(Cl)c2)cc1. The molecule has 0 amide bonds. The van der Waals surface area contributed by atoms with Crippen LogP contribution in [-0.4, -0.2) is 11.7 Å². The Bertz CT molecular complexity index is 657. The molecule has 0 saturated carbocycles.